The summed E-state index contributed by atoms with van der Waals surface area (Å²) in [5.74, 6) is 0.302. The molecule has 8 nitrogen and oxygen atoms in total. The summed E-state index contributed by atoms with van der Waals surface area (Å²) in [7, 11) is -0.480. The molecule has 0 spiro atoms. The van der Waals surface area contributed by atoms with Gasteiger partial charge in [-0.2, -0.15) is 0 Å². The third-order valence-corrected chi connectivity index (χ3v) is 9.36. The van der Waals surface area contributed by atoms with Gasteiger partial charge < -0.3 is 4.90 Å². The molecule has 3 aromatic rings. The van der Waals surface area contributed by atoms with Gasteiger partial charge in [-0.05, 0) is 37.1 Å². The van der Waals surface area contributed by atoms with Gasteiger partial charge in [0.15, 0.2) is 0 Å². The highest BCUT2D eigenvalue weighted by Gasteiger charge is 2.31. The molecule has 1 saturated heterocycles. The van der Waals surface area contributed by atoms with E-state index in [0.29, 0.717) is 27.5 Å². The third-order valence-electron chi connectivity index (χ3n) is 6.94. The van der Waals surface area contributed by atoms with Crippen LogP contribution in [0.1, 0.15) is 26.3 Å². The van der Waals surface area contributed by atoms with Crippen LogP contribution in [0, 0.1) is 0 Å². The molecular weight excluding hydrogens is 647 g/mol. The number of sulfonamides is 1. The van der Waals surface area contributed by atoms with Crippen LogP contribution < -0.4 is 9.62 Å². The Morgan fingerprint density at radius 1 is 1.08 bits per heavy atom. The van der Waals surface area contributed by atoms with Crippen molar-refractivity contribution in [3.63, 3.8) is 0 Å². The molecule has 0 bridgehead atoms. The molecule has 1 aliphatic heterocycles. The molecule has 1 fully saturated rings. The summed E-state index contributed by atoms with van der Waals surface area (Å²) >= 11 is 8.61. The highest BCUT2D eigenvalue weighted by Crippen LogP contribution is 2.29. The molecule has 1 aromatic carbocycles. The summed E-state index contributed by atoms with van der Waals surface area (Å²) in [5, 5.41) is 0.245. The van der Waals surface area contributed by atoms with Crippen LogP contribution in [0.3, 0.4) is 0 Å². The van der Waals surface area contributed by atoms with Gasteiger partial charge in [0.1, 0.15) is 10.7 Å². The monoisotopic (exact) mass is 682 g/mol. The Kier molecular flexibility index (Phi) is 9.74. The van der Waals surface area contributed by atoms with Gasteiger partial charge in [0.05, 0.1) is 16.9 Å². The lowest BCUT2D eigenvalue weighted by molar-refractivity contribution is 0.0503. The summed E-state index contributed by atoms with van der Waals surface area (Å²) < 4.78 is 29.6. The molecule has 0 aliphatic carbocycles. The largest absolute Gasteiger partial charge is 0.362 e. The number of anilines is 2. The zero-order valence-electron chi connectivity index (χ0n) is 23.0. The van der Waals surface area contributed by atoms with E-state index in [1.807, 2.05) is 0 Å². The first-order valence-corrected chi connectivity index (χ1v) is 16.1. The van der Waals surface area contributed by atoms with E-state index in [9.17, 15) is 8.42 Å². The Morgan fingerprint density at radius 3 is 2.44 bits per heavy atom. The maximum absolute atomic E-state index is 13.2. The van der Waals surface area contributed by atoms with E-state index in [1.165, 1.54) is 24.0 Å². The van der Waals surface area contributed by atoms with Crippen molar-refractivity contribution in [2.24, 2.45) is 0 Å². The van der Waals surface area contributed by atoms with Crippen LogP contribution in [-0.2, 0) is 16.6 Å². The zero-order chi connectivity index (χ0) is 28.3. The Balaban J connectivity index is 1.47. The molecular formula is C28H36ClIN6O2S. The molecule has 0 saturated carbocycles. The standard InChI is InChI=1S/C28H36ClIN6O2S/c1-19(2)36-11-10-35(18-26(36)20(3)30)17-21-6-8-22(9-7-21)23-12-25(16-31-14-23)33-39(37,38)27-13-24(29)15-32-28(27)34(4)5/h6-9,12-16,19-20,26,33H,10-11,17-18H2,1-5H3/t20-,26?/m0/s1. The van der Waals surface area contributed by atoms with Crippen LogP contribution >= 0.6 is 34.2 Å². The van der Waals surface area contributed by atoms with E-state index in [0.717, 1.165) is 37.3 Å². The number of hydrogen-bond acceptors (Lipinski definition) is 7. The normalized spacial score (nSPS) is 17.8. The van der Waals surface area contributed by atoms with Crippen LogP contribution in [0.15, 0.2) is 59.9 Å². The molecule has 210 valence electrons. The van der Waals surface area contributed by atoms with E-state index in [2.05, 4.69) is 92.1 Å². The van der Waals surface area contributed by atoms with Gasteiger partial charge in [-0.3, -0.25) is 19.5 Å². The minimum Gasteiger partial charge on any atom is -0.362 e. The zero-order valence-corrected chi connectivity index (χ0v) is 26.7. The number of aromatic nitrogens is 2. The van der Waals surface area contributed by atoms with Crippen molar-refractivity contribution < 1.29 is 8.42 Å². The number of pyridine rings is 2. The summed E-state index contributed by atoms with van der Waals surface area (Å²) in [6.07, 6.45) is 4.65. The van der Waals surface area contributed by atoms with Crippen molar-refractivity contribution in [1.82, 2.24) is 19.8 Å². The fourth-order valence-corrected chi connectivity index (χ4v) is 7.10. The minimum absolute atomic E-state index is 0.00295. The van der Waals surface area contributed by atoms with Crippen LogP contribution in [0.25, 0.3) is 11.1 Å². The minimum atomic E-state index is -3.94. The molecule has 1 unspecified atom stereocenters. The van der Waals surface area contributed by atoms with Crippen LogP contribution in [0.5, 0.6) is 0 Å². The summed E-state index contributed by atoms with van der Waals surface area (Å²) in [4.78, 5) is 15.3. The number of nitrogens with zero attached hydrogens (tertiary/aromatic N) is 5. The van der Waals surface area contributed by atoms with Gasteiger partial charge in [0.2, 0.25) is 0 Å². The van der Waals surface area contributed by atoms with E-state index >= 15 is 0 Å². The van der Waals surface area contributed by atoms with Crippen molar-refractivity contribution in [2.75, 3.05) is 43.4 Å². The van der Waals surface area contributed by atoms with Crippen molar-refractivity contribution in [2.45, 2.75) is 48.2 Å². The highest BCUT2D eigenvalue weighted by atomic mass is 127. The van der Waals surface area contributed by atoms with Gasteiger partial charge in [-0.1, -0.05) is 65.4 Å². The van der Waals surface area contributed by atoms with Crippen LogP contribution in [0.4, 0.5) is 11.5 Å². The number of benzene rings is 1. The van der Waals surface area contributed by atoms with E-state index in [1.54, 1.807) is 31.3 Å². The van der Waals surface area contributed by atoms with Gasteiger partial charge >= 0.3 is 0 Å². The highest BCUT2D eigenvalue weighted by molar-refractivity contribution is 14.1. The molecule has 1 aliphatic rings. The first-order valence-electron chi connectivity index (χ1n) is 13.0. The predicted octanol–water partition coefficient (Wildman–Crippen LogP) is 5.38. The molecule has 3 heterocycles. The topological polar surface area (TPSA) is 81.7 Å². The first kappa shape index (κ1) is 30.0. The summed E-state index contributed by atoms with van der Waals surface area (Å²) in [6, 6.07) is 12.7. The average molecular weight is 683 g/mol. The molecule has 2 aromatic heterocycles. The van der Waals surface area contributed by atoms with Gasteiger partial charge in [0, 0.05) is 74.2 Å². The molecule has 39 heavy (non-hydrogen) atoms. The lowest BCUT2D eigenvalue weighted by Crippen LogP contribution is -2.57. The van der Waals surface area contributed by atoms with E-state index in [4.69, 9.17) is 11.6 Å². The van der Waals surface area contributed by atoms with Crippen molar-refractivity contribution in [3.8, 4) is 11.1 Å². The van der Waals surface area contributed by atoms with Crippen molar-refractivity contribution in [3.05, 3.63) is 65.6 Å². The Bertz CT molecular complexity index is 1390. The number of hydrogen-bond donors (Lipinski definition) is 1. The number of alkyl halides is 1. The lowest BCUT2D eigenvalue weighted by atomic mass is 10.0. The number of piperazine rings is 1. The average Bonchev–Trinajstić information content (AvgIpc) is 2.88. The second-order valence-corrected chi connectivity index (χ2v) is 14.5. The van der Waals surface area contributed by atoms with E-state index < -0.39 is 10.0 Å². The summed E-state index contributed by atoms with van der Waals surface area (Å²) in [5.41, 5.74) is 3.41. The predicted molar refractivity (Wildman–Crippen MR) is 168 cm³/mol. The number of halogens is 2. The Labute approximate surface area is 251 Å². The molecule has 0 radical (unpaired) electrons. The Morgan fingerprint density at radius 2 is 1.79 bits per heavy atom. The fourth-order valence-electron chi connectivity index (χ4n) is 4.95. The second-order valence-electron chi connectivity index (χ2n) is 10.4. The second kappa shape index (κ2) is 12.7. The molecule has 2 atom stereocenters. The quantitative estimate of drug-likeness (QED) is 0.240. The fraction of sp³-hybridized carbons (Fsp3) is 0.429. The number of nitrogens with one attached hydrogen (secondary N) is 1. The lowest BCUT2D eigenvalue weighted by Gasteiger charge is -2.45. The summed E-state index contributed by atoms with van der Waals surface area (Å²) in [6.45, 7) is 11.0. The smallest absolute Gasteiger partial charge is 0.265 e. The first-order chi connectivity index (χ1) is 18.4. The molecule has 4 rings (SSSR count). The third kappa shape index (κ3) is 7.40. The van der Waals surface area contributed by atoms with Crippen molar-refractivity contribution in [1.29, 1.82) is 0 Å². The molecule has 0 amide bonds. The van der Waals surface area contributed by atoms with Gasteiger partial charge in [0.25, 0.3) is 10.0 Å². The number of rotatable bonds is 9. The van der Waals surface area contributed by atoms with Crippen molar-refractivity contribution >= 4 is 55.7 Å². The Hall–Kier alpha value is -1.99. The maximum Gasteiger partial charge on any atom is 0.265 e. The van der Waals surface area contributed by atoms with E-state index in [-0.39, 0.29) is 9.92 Å². The molecule has 1 N–H and O–H groups in total. The van der Waals surface area contributed by atoms with Gasteiger partial charge in [-0.15, -0.1) is 0 Å². The SMILES string of the molecule is CC(C)N1CCN(Cc2ccc(-c3cncc(NS(=O)(=O)c4cc(Cl)cnc4N(C)C)c3)cc2)CC1[C@H](C)I. The van der Waals surface area contributed by atoms with Crippen LogP contribution in [-0.4, -0.2) is 77.9 Å². The van der Waals surface area contributed by atoms with Crippen LogP contribution in [0.2, 0.25) is 5.02 Å². The molecule has 11 heteroatoms. The van der Waals surface area contributed by atoms with Gasteiger partial charge in [-0.25, -0.2) is 13.4 Å². The maximum atomic E-state index is 13.2.